The normalized spacial score (nSPS) is 22.4. The second kappa shape index (κ2) is 11.0. The third-order valence-electron chi connectivity index (χ3n) is 6.98. The molecule has 1 aliphatic rings. The Kier molecular flexibility index (Phi) is 7.48. The van der Waals surface area contributed by atoms with E-state index < -0.39 is 30.1 Å². The Hall–Kier alpha value is -4.04. The Morgan fingerprint density at radius 2 is 1.90 bits per heavy atom. The molecule has 5 rings (SSSR count). The maximum Gasteiger partial charge on any atom is 0.225 e. The van der Waals surface area contributed by atoms with E-state index in [0.717, 1.165) is 5.56 Å². The Labute approximate surface area is 229 Å². The average molecular weight is 549 g/mol. The molecular weight excluding hydrogens is 523 g/mol. The van der Waals surface area contributed by atoms with Crippen LogP contribution in [-0.2, 0) is 11.3 Å². The van der Waals surface area contributed by atoms with E-state index in [4.69, 9.17) is 11.6 Å². The van der Waals surface area contributed by atoms with E-state index in [2.05, 4.69) is 37.4 Å². The molecule has 4 aromatic rings. The molecule has 0 radical (unpaired) electrons. The summed E-state index contributed by atoms with van der Waals surface area (Å²) in [6.07, 6.45) is -0.974. The standard InChI is InChI=1S/C28H26ClFN6O3/c1-15-21(28(39)31-2)24(37)25(38)23(15)36-14-33-22-26(32-13-17-4-3-5-18(29)12-17)34-20(35-27(22)36)11-8-16-6-9-19(30)10-7-16/h3-7,9-10,12,14-15,21,23-25,37-38H,13H2,1-2H3,(H,31,39)(H,32,34,35)/t15-,21-,23+,24+,25-/m0/s1. The first-order valence-corrected chi connectivity index (χ1v) is 12.7. The predicted octanol–water partition coefficient (Wildman–Crippen LogP) is 2.91. The van der Waals surface area contributed by atoms with Crippen molar-refractivity contribution in [1.82, 2.24) is 24.8 Å². The fourth-order valence-electron chi connectivity index (χ4n) is 5.04. The molecule has 2 heterocycles. The van der Waals surface area contributed by atoms with E-state index >= 15 is 0 Å². The topological polar surface area (TPSA) is 125 Å². The van der Waals surface area contributed by atoms with Gasteiger partial charge < -0.3 is 25.4 Å². The summed E-state index contributed by atoms with van der Waals surface area (Å²) in [6, 6.07) is 12.4. The van der Waals surface area contributed by atoms with Crippen molar-refractivity contribution < 1.29 is 19.4 Å². The van der Waals surface area contributed by atoms with Gasteiger partial charge in [-0.3, -0.25) is 4.79 Å². The molecule has 1 aliphatic carbocycles. The fourth-order valence-corrected chi connectivity index (χ4v) is 5.25. The first-order chi connectivity index (χ1) is 18.8. The third-order valence-corrected chi connectivity index (χ3v) is 7.21. The first kappa shape index (κ1) is 26.6. The van der Waals surface area contributed by atoms with Gasteiger partial charge in [0, 0.05) is 24.2 Å². The van der Waals surface area contributed by atoms with Gasteiger partial charge >= 0.3 is 0 Å². The average Bonchev–Trinajstić information content (AvgIpc) is 3.44. The molecule has 1 saturated carbocycles. The van der Waals surface area contributed by atoms with Gasteiger partial charge in [0.1, 0.15) is 11.9 Å². The number of hydrogen-bond acceptors (Lipinski definition) is 7. The molecule has 11 heteroatoms. The molecule has 5 atom stereocenters. The molecule has 1 amide bonds. The van der Waals surface area contributed by atoms with Gasteiger partial charge in [-0.2, -0.15) is 0 Å². The van der Waals surface area contributed by atoms with E-state index in [9.17, 15) is 19.4 Å². The molecule has 0 saturated heterocycles. The highest BCUT2D eigenvalue weighted by atomic mass is 35.5. The van der Waals surface area contributed by atoms with Gasteiger partial charge in [-0.15, -0.1) is 0 Å². The SMILES string of the molecule is CNC(=O)[C@H]1[C@H](C)[C@@H](n2cnc3c(NCc4cccc(Cl)c4)nc(C#Cc4ccc(F)cc4)nc32)[C@H](O)[C@@H]1O. The van der Waals surface area contributed by atoms with E-state index in [0.29, 0.717) is 34.1 Å². The summed E-state index contributed by atoms with van der Waals surface area (Å²) in [5.74, 6) is 4.48. The van der Waals surface area contributed by atoms with Crippen LogP contribution >= 0.6 is 11.6 Å². The fraction of sp³-hybridized carbons (Fsp3) is 0.286. The largest absolute Gasteiger partial charge is 0.390 e. The Balaban J connectivity index is 1.57. The summed E-state index contributed by atoms with van der Waals surface area (Å²) in [5.41, 5.74) is 2.31. The minimum Gasteiger partial charge on any atom is -0.390 e. The van der Waals surface area contributed by atoms with Crippen LogP contribution in [0, 0.1) is 29.5 Å². The summed E-state index contributed by atoms with van der Waals surface area (Å²) in [4.78, 5) is 26.1. The third kappa shape index (κ3) is 5.29. The lowest BCUT2D eigenvalue weighted by Crippen LogP contribution is -2.37. The van der Waals surface area contributed by atoms with Crippen LogP contribution in [0.25, 0.3) is 11.2 Å². The molecule has 1 fully saturated rings. The summed E-state index contributed by atoms with van der Waals surface area (Å²) in [5, 5.41) is 28.1. The lowest BCUT2D eigenvalue weighted by atomic mass is 9.94. The van der Waals surface area contributed by atoms with Crippen molar-refractivity contribution in [2.24, 2.45) is 11.8 Å². The first-order valence-electron chi connectivity index (χ1n) is 12.3. The van der Waals surface area contributed by atoms with Crippen molar-refractivity contribution in [3.05, 3.63) is 82.6 Å². The molecule has 0 unspecified atom stereocenters. The van der Waals surface area contributed by atoms with Gasteiger partial charge in [0.25, 0.3) is 0 Å². The summed E-state index contributed by atoms with van der Waals surface area (Å²) in [7, 11) is 1.49. The summed E-state index contributed by atoms with van der Waals surface area (Å²) >= 11 is 6.13. The van der Waals surface area contributed by atoms with Crippen LogP contribution in [0.1, 0.15) is 29.9 Å². The molecule has 0 spiro atoms. The summed E-state index contributed by atoms with van der Waals surface area (Å²) in [6.45, 7) is 2.19. The molecule has 2 aromatic carbocycles. The minimum atomic E-state index is -1.26. The lowest BCUT2D eigenvalue weighted by molar-refractivity contribution is -0.129. The number of rotatable bonds is 5. The zero-order valence-corrected chi connectivity index (χ0v) is 21.9. The molecule has 2 aromatic heterocycles. The van der Waals surface area contributed by atoms with Crippen LogP contribution in [0.2, 0.25) is 5.02 Å². The molecule has 9 nitrogen and oxygen atoms in total. The van der Waals surface area contributed by atoms with Crippen molar-refractivity contribution in [2.75, 3.05) is 12.4 Å². The monoisotopic (exact) mass is 548 g/mol. The molecule has 39 heavy (non-hydrogen) atoms. The number of amides is 1. The van der Waals surface area contributed by atoms with Crippen molar-refractivity contribution >= 4 is 34.5 Å². The van der Waals surface area contributed by atoms with Crippen molar-refractivity contribution in [3.63, 3.8) is 0 Å². The predicted molar refractivity (Wildman–Crippen MR) is 144 cm³/mol. The number of nitrogens with one attached hydrogen (secondary N) is 2. The van der Waals surface area contributed by atoms with Gasteiger partial charge in [0.05, 0.1) is 24.4 Å². The maximum atomic E-state index is 13.3. The highest BCUT2D eigenvalue weighted by Crippen LogP contribution is 2.42. The van der Waals surface area contributed by atoms with Crippen LogP contribution < -0.4 is 10.6 Å². The number of aromatic nitrogens is 4. The molecule has 0 bridgehead atoms. The van der Waals surface area contributed by atoms with Crippen LogP contribution in [-0.4, -0.2) is 54.9 Å². The Bertz CT molecular complexity index is 1580. The smallest absolute Gasteiger partial charge is 0.225 e. The summed E-state index contributed by atoms with van der Waals surface area (Å²) < 4.78 is 15.0. The van der Waals surface area contributed by atoms with Crippen LogP contribution in [0.15, 0.2) is 54.9 Å². The number of benzene rings is 2. The number of nitrogens with zero attached hydrogens (tertiary/aromatic N) is 4. The Morgan fingerprint density at radius 3 is 2.62 bits per heavy atom. The number of imidazole rings is 1. The van der Waals surface area contributed by atoms with Crippen LogP contribution in [0.5, 0.6) is 0 Å². The number of carbonyl (C=O) groups is 1. The quantitative estimate of drug-likeness (QED) is 0.283. The van der Waals surface area contributed by atoms with E-state index in [1.54, 1.807) is 29.7 Å². The number of hydrogen-bond donors (Lipinski definition) is 4. The second-order valence-electron chi connectivity index (χ2n) is 9.43. The number of carbonyl (C=O) groups excluding carboxylic acids is 1. The highest BCUT2D eigenvalue weighted by Gasteiger charge is 2.51. The molecule has 200 valence electrons. The van der Waals surface area contributed by atoms with Crippen molar-refractivity contribution in [3.8, 4) is 11.8 Å². The molecular formula is C28H26ClFN6O3. The number of halogens is 2. The van der Waals surface area contributed by atoms with Gasteiger partial charge in [-0.05, 0) is 53.8 Å². The molecule has 4 N–H and O–H groups in total. The minimum absolute atomic E-state index is 0.172. The van der Waals surface area contributed by atoms with Gasteiger partial charge in [-0.1, -0.05) is 36.6 Å². The van der Waals surface area contributed by atoms with Crippen molar-refractivity contribution in [1.29, 1.82) is 0 Å². The van der Waals surface area contributed by atoms with Crippen LogP contribution in [0.3, 0.4) is 0 Å². The Morgan fingerprint density at radius 1 is 1.13 bits per heavy atom. The zero-order chi connectivity index (χ0) is 27.7. The van der Waals surface area contributed by atoms with Gasteiger partial charge in [0.2, 0.25) is 11.7 Å². The number of fused-ring (bicyclic) bond motifs is 1. The number of anilines is 1. The highest BCUT2D eigenvalue weighted by molar-refractivity contribution is 6.30. The van der Waals surface area contributed by atoms with E-state index in [-0.39, 0.29) is 17.5 Å². The zero-order valence-electron chi connectivity index (χ0n) is 21.1. The molecule has 0 aliphatic heterocycles. The van der Waals surface area contributed by atoms with E-state index in [1.807, 2.05) is 18.2 Å². The second-order valence-corrected chi connectivity index (χ2v) is 9.87. The number of aliphatic hydroxyl groups is 2. The maximum absolute atomic E-state index is 13.3. The number of aliphatic hydroxyl groups excluding tert-OH is 2. The lowest BCUT2D eigenvalue weighted by Gasteiger charge is -2.22. The van der Waals surface area contributed by atoms with Gasteiger partial charge in [-0.25, -0.2) is 19.3 Å². The van der Waals surface area contributed by atoms with E-state index in [1.165, 1.54) is 25.5 Å². The van der Waals surface area contributed by atoms with Crippen molar-refractivity contribution in [2.45, 2.75) is 31.7 Å². The van der Waals surface area contributed by atoms with Gasteiger partial charge in [0.15, 0.2) is 17.0 Å². The van der Waals surface area contributed by atoms with Crippen LogP contribution in [0.4, 0.5) is 10.2 Å².